The second-order valence-electron chi connectivity index (χ2n) is 8.07. The van der Waals surface area contributed by atoms with Crippen molar-refractivity contribution in [3.05, 3.63) is 77.8 Å². The highest BCUT2D eigenvalue weighted by atomic mass is 32.1. The number of carbonyl (C=O) groups excluding carboxylic acids is 2. The lowest BCUT2D eigenvalue weighted by Gasteiger charge is -2.32. The number of likely N-dealkylation sites (tertiary alicyclic amines) is 1. The number of aromatic nitrogens is 1. The minimum Gasteiger partial charge on any atom is -0.457 e. The number of hydrogen-bond donors (Lipinski definition) is 1. The van der Waals surface area contributed by atoms with E-state index in [4.69, 9.17) is 4.42 Å². The van der Waals surface area contributed by atoms with E-state index in [2.05, 4.69) is 10.3 Å². The Labute approximate surface area is 194 Å². The molecule has 6 nitrogen and oxygen atoms in total. The number of rotatable bonds is 5. The van der Waals surface area contributed by atoms with Gasteiger partial charge in [-0.15, -0.1) is 11.3 Å². The smallest absolute Gasteiger partial charge is 0.253 e. The summed E-state index contributed by atoms with van der Waals surface area (Å²) >= 11 is 1.56. The van der Waals surface area contributed by atoms with Crippen LogP contribution in [-0.2, 0) is 11.3 Å². The number of nitrogens with one attached hydrogen (secondary N) is 1. The summed E-state index contributed by atoms with van der Waals surface area (Å²) in [5.41, 5.74) is 1.36. The number of furan rings is 1. The number of benzene rings is 2. The first-order chi connectivity index (χ1) is 16.1. The Morgan fingerprint density at radius 3 is 2.76 bits per heavy atom. The van der Waals surface area contributed by atoms with Crippen LogP contribution in [0.3, 0.4) is 0 Å². The zero-order valence-electron chi connectivity index (χ0n) is 17.8. The third kappa shape index (κ3) is 4.66. The summed E-state index contributed by atoms with van der Waals surface area (Å²) in [4.78, 5) is 31.7. The van der Waals surface area contributed by atoms with Gasteiger partial charge in [0.1, 0.15) is 11.6 Å². The third-order valence-corrected chi connectivity index (χ3v) is 6.82. The maximum absolute atomic E-state index is 13.1. The van der Waals surface area contributed by atoms with E-state index in [0.717, 1.165) is 21.6 Å². The number of para-hydroxylation sites is 1. The van der Waals surface area contributed by atoms with Crippen molar-refractivity contribution in [1.29, 1.82) is 0 Å². The first-order valence-corrected chi connectivity index (χ1v) is 11.7. The van der Waals surface area contributed by atoms with Gasteiger partial charge in [0.25, 0.3) is 5.91 Å². The van der Waals surface area contributed by atoms with E-state index in [-0.39, 0.29) is 30.1 Å². The van der Waals surface area contributed by atoms with Crippen molar-refractivity contribution in [3.8, 4) is 10.8 Å². The average molecular weight is 464 g/mol. The molecule has 0 bridgehead atoms. The second-order valence-corrected chi connectivity index (χ2v) is 9.10. The van der Waals surface area contributed by atoms with E-state index in [1.54, 1.807) is 16.2 Å². The number of fused-ring (bicyclic) bond motifs is 1. The highest BCUT2D eigenvalue weighted by Crippen LogP contribution is 2.31. The molecule has 1 aliphatic rings. The molecule has 4 aromatic rings. The van der Waals surface area contributed by atoms with Gasteiger partial charge >= 0.3 is 0 Å². The Morgan fingerprint density at radius 1 is 1.12 bits per heavy atom. The lowest BCUT2D eigenvalue weighted by Crippen LogP contribution is -2.45. The molecule has 33 heavy (non-hydrogen) atoms. The topological polar surface area (TPSA) is 75.4 Å². The van der Waals surface area contributed by atoms with Crippen LogP contribution < -0.4 is 5.32 Å². The molecule has 168 valence electrons. The van der Waals surface area contributed by atoms with Gasteiger partial charge in [0.15, 0.2) is 10.8 Å². The van der Waals surface area contributed by atoms with Crippen molar-refractivity contribution < 1.29 is 18.4 Å². The van der Waals surface area contributed by atoms with Gasteiger partial charge in [0.2, 0.25) is 5.91 Å². The molecule has 2 aromatic carbocycles. The van der Waals surface area contributed by atoms with Gasteiger partial charge in [-0.05, 0) is 61.4 Å². The fraction of sp³-hybridized carbons (Fsp3) is 0.240. The number of thiazole rings is 1. The van der Waals surface area contributed by atoms with Crippen molar-refractivity contribution in [2.75, 3.05) is 13.1 Å². The van der Waals surface area contributed by atoms with Gasteiger partial charge in [-0.2, -0.15) is 0 Å². The van der Waals surface area contributed by atoms with Crippen LogP contribution in [0.1, 0.15) is 29.0 Å². The Balaban J connectivity index is 1.18. The minimum absolute atomic E-state index is 0.107. The van der Waals surface area contributed by atoms with Crippen molar-refractivity contribution >= 4 is 33.4 Å². The van der Waals surface area contributed by atoms with Crippen LogP contribution in [0.15, 0.2) is 65.1 Å². The fourth-order valence-corrected chi connectivity index (χ4v) is 4.96. The van der Waals surface area contributed by atoms with Crippen LogP contribution in [0.4, 0.5) is 4.39 Å². The summed E-state index contributed by atoms with van der Waals surface area (Å²) < 4.78 is 20.1. The molecule has 0 spiro atoms. The monoisotopic (exact) mass is 463 g/mol. The maximum atomic E-state index is 13.1. The Kier molecular flexibility index (Phi) is 5.92. The molecule has 1 atom stereocenters. The van der Waals surface area contributed by atoms with Gasteiger partial charge in [-0.25, -0.2) is 9.37 Å². The number of halogens is 1. The van der Waals surface area contributed by atoms with E-state index < -0.39 is 0 Å². The highest BCUT2D eigenvalue weighted by Gasteiger charge is 2.29. The van der Waals surface area contributed by atoms with Crippen LogP contribution in [0.2, 0.25) is 0 Å². The van der Waals surface area contributed by atoms with E-state index >= 15 is 0 Å². The van der Waals surface area contributed by atoms with Crippen LogP contribution in [0, 0.1) is 11.7 Å². The van der Waals surface area contributed by atoms with Gasteiger partial charge in [0, 0.05) is 18.7 Å². The van der Waals surface area contributed by atoms with E-state index in [1.807, 2.05) is 36.4 Å². The normalized spacial score (nSPS) is 16.2. The molecule has 0 aliphatic carbocycles. The number of nitrogens with zero attached hydrogens (tertiary/aromatic N) is 2. The van der Waals surface area contributed by atoms with Crippen LogP contribution in [-0.4, -0.2) is 34.8 Å². The molecular formula is C25H22FN3O3S. The molecule has 0 saturated carbocycles. The van der Waals surface area contributed by atoms with Crippen LogP contribution in [0.5, 0.6) is 0 Å². The van der Waals surface area contributed by atoms with Crippen molar-refractivity contribution in [3.63, 3.8) is 0 Å². The zero-order valence-corrected chi connectivity index (χ0v) is 18.6. The third-order valence-electron chi connectivity index (χ3n) is 5.77. The molecule has 0 radical (unpaired) electrons. The summed E-state index contributed by atoms with van der Waals surface area (Å²) in [6, 6.07) is 17.1. The summed E-state index contributed by atoms with van der Waals surface area (Å²) in [6.45, 7) is 1.20. The Hall–Kier alpha value is -3.52. The van der Waals surface area contributed by atoms with E-state index in [9.17, 15) is 14.0 Å². The average Bonchev–Trinajstić information content (AvgIpc) is 3.49. The predicted octanol–water partition coefficient (Wildman–Crippen LogP) is 4.86. The molecule has 2 aromatic heterocycles. The van der Waals surface area contributed by atoms with Crippen molar-refractivity contribution in [2.24, 2.45) is 5.92 Å². The molecule has 1 N–H and O–H groups in total. The number of carbonyl (C=O) groups is 2. The molecular weight excluding hydrogens is 441 g/mol. The molecule has 1 fully saturated rings. The first-order valence-electron chi connectivity index (χ1n) is 10.8. The van der Waals surface area contributed by atoms with Gasteiger partial charge in [-0.3, -0.25) is 9.59 Å². The Morgan fingerprint density at radius 2 is 1.94 bits per heavy atom. The second kappa shape index (κ2) is 9.15. The largest absolute Gasteiger partial charge is 0.457 e. The SMILES string of the molecule is O=C(NCc1ccc(-c2nc3ccccc3s2)o1)C1CCCN(C(=O)c2ccc(F)cc2)C1. The number of amides is 2. The van der Waals surface area contributed by atoms with Crippen molar-refractivity contribution in [1.82, 2.24) is 15.2 Å². The quantitative estimate of drug-likeness (QED) is 0.459. The lowest BCUT2D eigenvalue weighted by molar-refractivity contribution is -0.126. The zero-order chi connectivity index (χ0) is 22.8. The standard InChI is InChI=1S/C25H22FN3O3S/c26-18-9-7-16(8-10-18)25(31)29-13-3-4-17(15-29)23(30)27-14-19-11-12-21(32-19)24-28-20-5-1-2-6-22(20)33-24/h1-2,5-12,17H,3-4,13-15H2,(H,27,30). The molecule has 1 saturated heterocycles. The lowest BCUT2D eigenvalue weighted by atomic mass is 9.96. The number of piperidine rings is 1. The fourth-order valence-electron chi connectivity index (χ4n) is 4.03. The maximum Gasteiger partial charge on any atom is 0.253 e. The first kappa shape index (κ1) is 21.3. The summed E-state index contributed by atoms with van der Waals surface area (Å²) in [5, 5.41) is 3.73. The molecule has 8 heteroatoms. The molecule has 2 amide bonds. The molecule has 1 unspecified atom stereocenters. The highest BCUT2D eigenvalue weighted by molar-refractivity contribution is 7.21. The van der Waals surface area contributed by atoms with Crippen LogP contribution in [0.25, 0.3) is 21.0 Å². The molecule has 1 aliphatic heterocycles. The van der Waals surface area contributed by atoms with E-state index in [0.29, 0.717) is 36.6 Å². The van der Waals surface area contributed by atoms with Crippen molar-refractivity contribution in [2.45, 2.75) is 19.4 Å². The van der Waals surface area contributed by atoms with Crippen LogP contribution >= 0.6 is 11.3 Å². The number of hydrogen-bond acceptors (Lipinski definition) is 5. The van der Waals surface area contributed by atoms with Gasteiger partial charge in [-0.1, -0.05) is 12.1 Å². The molecule has 3 heterocycles. The minimum atomic E-state index is -0.383. The van der Waals surface area contributed by atoms with Gasteiger partial charge in [0.05, 0.1) is 22.7 Å². The summed E-state index contributed by atoms with van der Waals surface area (Å²) in [5.74, 6) is 0.360. The van der Waals surface area contributed by atoms with Gasteiger partial charge < -0.3 is 14.6 Å². The predicted molar refractivity (Wildman–Crippen MR) is 124 cm³/mol. The summed E-state index contributed by atoms with van der Waals surface area (Å²) in [6.07, 6.45) is 1.46. The molecule has 5 rings (SSSR count). The summed E-state index contributed by atoms with van der Waals surface area (Å²) in [7, 11) is 0. The Bertz CT molecular complexity index is 1260. The van der Waals surface area contributed by atoms with E-state index in [1.165, 1.54) is 24.3 Å².